The molecular formula is C21H24BrN3O2. The molecule has 0 aromatic heterocycles. The molecule has 142 valence electrons. The highest BCUT2D eigenvalue weighted by molar-refractivity contribution is 9.10. The van der Waals surface area contributed by atoms with Crippen LogP contribution in [-0.2, 0) is 9.59 Å². The van der Waals surface area contributed by atoms with E-state index in [1.165, 1.54) is 5.56 Å². The molecular weight excluding hydrogens is 406 g/mol. The minimum Gasteiger partial charge on any atom is -0.326 e. The summed E-state index contributed by atoms with van der Waals surface area (Å²) in [5.74, 6) is 0.164. The molecule has 0 saturated carbocycles. The van der Waals surface area contributed by atoms with E-state index in [0.29, 0.717) is 12.3 Å². The Kier molecular flexibility index (Phi) is 8.20. The molecule has 0 atom stereocenters. The second-order valence-electron chi connectivity index (χ2n) is 6.52. The van der Waals surface area contributed by atoms with Gasteiger partial charge in [0.1, 0.15) is 0 Å². The minimum absolute atomic E-state index is 0.112. The van der Waals surface area contributed by atoms with E-state index in [1.54, 1.807) is 6.21 Å². The zero-order valence-electron chi connectivity index (χ0n) is 15.5. The Hall–Kier alpha value is -2.47. The van der Waals surface area contributed by atoms with Crippen molar-refractivity contribution in [3.05, 3.63) is 64.1 Å². The third-order valence-corrected chi connectivity index (χ3v) is 4.47. The molecule has 2 aromatic carbocycles. The molecule has 6 heteroatoms. The lowest BCUT2D eigenvalue weighted by molar-refractivity contribution is -0.121. The molecule has 0 fully saturated rings. The first-order valence-corrected chi connectivity index (χ1v) is 9.70. The number of halogens is 1. The number of hydrazone groups is 1. The molecule has 0 heterocycles. The lowest BCUT2D eigenvalue weighted by atomic mass is 10.0. The molecule has 2 amide bonds. The smallest absolute Gasteiger partial charge is 0.240 e. The number of hydrogen-bond acceptors (Lipinski definition) is 3. The summed E-state index contributed by atoms with van der Waals surface area (Å²) in [6, 6.07) is 15.4. The van der Waals surface area contributed by atoms with Gasteiger partial charge in [0.25, 0.3) is 0 Å². The number of rotatable bonds is 8. The molecule has 0 saturated heterocycles. The van der Waals surface area contributed by atoms with Gasteiger partial charge in [0.2, 0.25) is 11.8 Å². The molecule has 0 aliphatic carbocycles. The van der Waals surface area contributed by atoms with Gasteiger partial charge in [-0.15, -0.1) is 0 Å². The fourth-order valence-electron chi connectivity index (χ4n) is 2.37. The Labute approximate surface area is 168 Å². The Morgan fingerprint density at radius 2 is 1.63 bits per heavy atom. The normalized spacial score (nSPS) is 11.0. The highest BCUT2D eigenvalue weighted by Crippen LogP contribution is 2.15. The van der Waals surface area contributed by atoms with Crippen molar-refractivity contribution in [3.8, 4) is 0 Å². The quantitative estimate of drug-likeness (QED) is 0.465. The second-order valence-corrected chi connectivity index (χ2v) is 7.44. The zero-order valence-corrected chi connectivity index (χ0v) is 17.1. The number of carbonyl (C=O) groups is 2. The Morgan fingerprint density at radius 1 is 1.00 bits per heavy atom. The fraction of sp³-hybridized carbons (Fsp3) is 0.286. The summed E-state index contributed by atoms with van der Waals surface area (Å²) in [7, 11) is 0. The van der Waals surface area contributed by atoms with Gasteiger partial charge in [0, 0.05) is 23.0 Å². The third-order valence-electron chi connectivity index (χ3n) is 3.94. The van der Waals surface area contributed by atoms with Gasteiger partial charge in [-0.05, 0) is 47.7 Å². The lowest BCUT2D eigenvalue weighted by Crippen LogP contribution is -2.18. The first kappa shape index (κ1) is 20.8. The molecule has 2 rings (SSSR count). The molecule has 2 aromatic rings. The topological polar surface area (TPSA) is 70.6 Å². The van der Waals surface area contributed by atoms with Crippen LogP contribution in [0.1, 0.15) is 50.2 Å². The Morgan fingerprint density at radius 3 is 2.26 bits per heavy atom. The number of amides is 2. The molecule has 0 bridgehead atoms. The third kappa shape index (κ3) is 7.74. The van der Waals surface area contributed by atoms with Crippen molar-refractivity contribution in [2.45, 2.75) is 39.0 Å². The predicted molar refractivity (Wildman–Crippen MR) is 113 cm³/mol. The summed E-state index contributed by atoms with van der Waals surface area (Å²) in [5, 5.41) is 6.76. The van der Waals surface area contributed by atoms with Crippen LogP contribution in [-0.4, -0.2) is 18.0 Å². The highest BCUT2D eigenvalue weighted by atomic mass is 79.9. The number of hydrogen-bond donors (Lipinski definition) is 2. The Balaban J connectivity index is 1.66. The molecule has 27 heavy (non-hydrogen) atoms. The summed E-state index contributed by atoms with van der Waals surface area (Å²) in [5.41, 5.74) is 5.41. The van der Waals surface area contributed by atoms with Crippen LogP contribution in [0, 0.1) is 0 Å². The van der Waals surface area contributed by atoms with Crippen molar-refractivity contribution in [2.24, 2.45) is 5.10 Å². The van der Waals surface area contributed by atoms with E-state index in [4.69, 9.17) is 0 Å². The average molecular weight is 430 g/mol. The number of nitrogens with one attached hydrogen (secondary N) is 2. The number of anilines is 1. The largest absolute Gasteiger partial charge is 0.326 e. The summed E-state index contributed by atoms with van der Waals surface area (Å²) in [6.07, 6.45) is 2.61. The van der Waals surface area contributed by atoms with E-state index in [-0.39, 0.29) is 24.7 Å². The summed E-state index contributed by atoms with van der Waals surface area (Å²) in [4.78, 5) is 23.7. The van der Waals surface area contributed by atoms with E-state index in [0.717, 1.165) is 15.7 Å². The van der Waals surface area contributed by atoms with Gasteiger partial charge in [-0.3, -0.25) is 9.59 Å². The van der Waals surface area contributed by atoms with E-state index in [2.05, 4.69) is 57.8 Å². The van der Waals surface area contributed by atoms with Crippen LogP contribution >= 0.6 is 15.9 Å². The first-order valence-electron chi connectivity index (χ1n) is 8.91. The van der Waals surface area contributed by atoms with Gasteiger partial charge in [0.05, 0.1) is 6.21 Å². The molecule has 2 N–H and O–H groups in total. The van der Waals surface area contributed by atoms with Gasteiger partial charge in [-0.2, -0.15) is 5.10 Å². The van der Waals surface area contributed by atoms with Crippen molar-refractivity contribution < 1.29 is 9.59 Å². The number of carbonyl (C=O) groups excluding carboxylic acids is 2. The molecule has 0 radical (unpaired) electrons. The van der Waals surface area contributed by atoms with Crippen LogP contribution < -0.4 is 10.7 Å². The molecule has 0 spiro atoms. The van der Waals surface area contributed by atoms with Gasteiger partial charge in [-0.1, -0.05) is 54.0 Å². The molecule has 0 unspecified atom stereocenters. The molecule has 5 nitrogen and oxygen atoms in total. The van der Waals surface area contributed by atoms with Crippen LogP contribution in [0.3, 0.4) is 0 Å². The SMILES string of the molecule is CC(C)c1ccc(/C=N\NC(=O)CCCC(=O)Nc2ccc(Br)cc2)cc1. The van der Waals surface area contributed by atoms with E-state index in [1.807, 2.05) is 36.4 Å². The van der Waals surface area contributed by atoms with E-state index < -0.39 is 0 Å². The molecule has 0 aliphatic heterocycles. The first-order chi connectivity index (χ1) is 12.9. The zero-order chi connectivity index (χ0) is 19.6. The second kappa shape index (κ2) is 10.6. The standard InChI is InChI=1S/C21H24BrN3O2/c1-15(2)17-8-6-16(7-9-17)14-23-25-21(27)5-3-4-20(26)24-19-12-10-18(22)11-13-19/h6-15H,3-5H2,1-2H3,(H,24,26)(H,25,27)/b23-14-. The van der Waals surface area contributed by atoms with Crippen molar-refractivity contribution >= 4 is 39.6 Å². The van der Waals surface area contributed by atoms with Crippen LogP contribution in [0.15, 0.2) is 58.1 Å². The highest BCUT2D eigenvalue weighted by Gasteiger charge is 2.05. The van der Waals surface area contributed by atoms with Gasteiger partial charge >= 0.3 is 0 Å². The van der Waals surface area contributed by atoms with E-state index >= 15 is 0 Å². The summed E-state index contributed by atoms with van der Waals surface area (Å²) < 4.78 is 0.952. The van der Waals surface area contributed by atoms with Crippen LogP contribution in [0.4, 0.5) is 5.69 Å². The number of benzene rings is 2. The van der Waals surface area contributed by atoms with E-state index in [9.17, 15) is 9.59 Å². The fourth-order valence-corrected chi connectivity index (χ4v) is 2.63. The summed E-state index contributed by atoms with van der Waals surface area (Å²) >= 11 is 3.35. The maximum absolute atomic E-state index is 11.9. The van der Waals surface area contributed by atoms with Crippen LogP contribution in [0.25, 0.3) is 0 Å². The van der Waals surface area contributed by atoms with Crippen molar-refractivity contribution in [1.82, 2.24) is 5.43 Å². The van der Waals surface area contributed by atoms with Crippen LogP contribution in [0.2, 0.25) is 0 Å². The molecule has 0 aliphatic rings. The Bertz CT molecular complexity index is 784. The maximum atomic E-state index is 11.9. The van der Waals surface area contributed by atoms with Gasteiger partial charge < -0.3 is 5.32 Å². The van der Waals surface area contributed by atoms with Crippen molar-refractivity contribution in [2.75, 3.05) is 5.32 Å². The summed E-state index contributed by atoms with van der Waals surface area (Å²) in [6.45, 7) is 4.28. The van der Waals surface area contributed by atoms with Gasteiger partial charge in [-0.25, -0.2) is 5.43 Å². The number of nitrogens with zero attached hydrogens (tertiary/aromatic N) is 1. The van der Waals surface area contributed by atoms with Crippen molar-refractivity contribution in [1.29, 1.82) is 0 Å². The van der Waals surface area contributed by atoms with Crippen LogP contribution in [0.5, 0.6) is 0 Å². The lowest BCUT2D eigenvalue weighted by Gasteiger charge is -2.05. The minimum atomic E-state index is -0.207. The van der Waals surface area contributed by atoms with Crippen molar-refractivity contribution in [3.63, 3.8) is 0 Å². The average Bonchev–Trinajstić information content (AvgIpc) is 2.64. The monoisotopic (exact) mass is 429 g/mol. The van der Waals surface area contributed by atoms with Gasteiger partial charge in [0.15, 0.2) is 0 Å². The maximum Gasteiger partial charge on any atom is 0.240 e. The predicted octanol–water partition coefficient (Wildman–Crippen LogP) is 4.83.